The standard InChI is InChI=1S/C23H36N2O6/c1-4-30-21(26)17-24-11-9-19-7-6-8-20(23(19)28-3)10-12-25(14-16-29-15-13-24)18-22(27)31-5-2/h6-8H,4-5,9-18H2,1-3H3. The quantitative estimate of drug-likeness (QED) is 0.596. The number of carbonyl (C=O) groups excluding carboxylic acids is 2. The molecule has 0 saturated carbocycles. The number of rotatable bonds is 7. The Labute approximate surface area is 185 Å². The van der Waals surface area contributed by atoms with Crippen LogP contribution in [0.25, 0.3) is 0 Å². The molecule has 0 amide bonds. The second-order valence-corrected chi connectivity index (χ2v) is 7.38. The van der Waals surface area contributed by atoms with Crippen molar-refractivity contribution in [2.45, 2.75) is 26.7 Å². The normalized spacial score (nSPS) is 16.9. The number of esters is 2. The van der Waals surface area contributed by atoms with Gasteiger partial charge in [0, 0.05) is 26.2 Å². The van der Waals surface area contributed by atoms with E-state index in [0.29, 0.717) is 52.6 Å². The van der Waals surface area contributed by atoms with Crippen molar-refractivity contribution < 1.29 is 28.5 Å². The van der Waals surface area contributed by atoms with Crippen molar-refractivity contribution in [3.05, 3.63) is 29.3 Å². The highest BCUT2D eigenvalue weighted by molar-refractivity contribution is 5.72. The highest BCUT2D eigenvalue weighted by Gasteiger charge is 2.17. The van der Waals surface area contributed by atoms with Gasteiger partial charge in [-0.05, 0) is 37.8 Å². The lowest BCUT2D eigenvalue weighted by Gasteiger charge is -2.25. The molecule has 0 radical (unpaired) electrons. The van der Waals surface area contributed by atoms with Crippen LogP contribution in [-0.4, -0.2) is 94.5 Å². The molecule has 0 unspecified atom stereocenters. The van der Waals surface area contributed by atoms with Crippen molar-refractivity contribution in [2.75, 3.05) is 72.8 Å². The zero-order valence-corrected chi connectivity index (χ0v) is 19.1. The van der Waals surface area contributed by atoms with Gasteiger partial charge in [-0.2, -0.15) is 0 Å². The van der Waals surface area contributed by atoms with E-state index in [1.807, 2.05) is 29.7 Å². The summed E-state index contributed by atoms with van der Waals surface area (Å²) in [7, 11) is 1.69. The number of hydrogen-bond donors (Lipinski definition) is 0. The minimum absolute atomic E-state index is 0.230. The first-order chi connectivity index (χ1) is 15.1. The number of para-hydroxylation sites is 1. The molecule has 8 nitrogen and oxygen atoms in total. The third-order valence-electron chi connectivity index (χ3n) is 5.20. The zero-order chi connectivity index (χ0) is 22.5. The number of hydrogen-bond acceptors (Lipinski definition) is 8. The fourth-order valence-corrected chi connectivity index (χ4v) is 3.66. The van der Waals surface area contributed by atoms with Crippen molar-refractivity contribution >= 4 is 11.9 Å². The Balaban J connectivity index is 2.16. The summed E-state index contributed by atoms with van der Waals surface area (Å²) in [6, 6.07) is 6.15. The number of fused-ring (bicyclic) bond motifs is 2. The van der Waals surface area contributed by atoms with Crippen molar-refractivity contribution in [1.29, 1.82) is 0 Å². The Bertz CT molecular complexity index is 644. The molecule has 0 spiro atoms. The maximum absolute atomic E-state index is 12.0. The van der Waals surface area contributed by atoms with Crippen LogP contribution in [0.15, 0.2) is 18.2 Å². The van der Waals surface area contributed by atoms with Gasteiger partial charge in [0.05, 0.1) is 46.6 Å². The van der Waals surface area contributed by atoms with Gasteiger partial charge in [0.25, 0.3) is 0 Å². The van der Waals surface area contributed by atoms with Crippen molar-refractivity contribution in [1.82, 2.24) is 9.80 Å². The molecule has 0 aliphatic carbocycles. The lowest BCUT2D eigenvalue weighted by molar-refractivity contribution is -0.145. The van der Waals surface area contributed by atoms with Crippen molar-refractivity contribution in [2.24, 2.45) is 0 Å². The van der Waals surface area contributed by atoms with Crippen LogP contribution < -0.4 is 4.74 Å². The molecule has 0 aromatic heterocycles. The van der Waals surface area contributed by atoms with Gasteiger partial charge in [-0.15, -0.1) is 0 Å². The predicted molar refractivity (Wildman–Crippen MR) is 117 cm³/mol. The van der Waals surface area contributed by atoms with Gasteiger partial charge >= 0.3 is 11.9 Å². The van der Waals surface area contributed by atoms with E-state index < -0.39 is 0 Å². The molecule has 1 aromatic carbocycles. The fraction of sp³-hybridized carbons (Fsp3) is 0.652. The third kappa shape index (κ3) is 8.85. The van der Waals surface area contributed by atoms with E-state index in [1.54, 1.807) is 7.11 Å². The summed E-state index contributed by atoms with van der Waals surface area (Å²) in [5, 5.41) is 0. The molecule has 0 fully saturated rings. The van der Waals surface area contributed by atoms with Crippen LogP contribution in [0.5, 0.6) is 5.75 Å². The van der Waals surface area contributed by atoms with E-state index in [1.165, 1.54) is 0 Å². The first kappa shape index (κ1) is 25.1. The number of carbonyl (C=O) groups is 2. The summed E-state index contributed by atoms with van der Waals surface area (Å²) in [5.74, 6) is 0.415. The van der Waals surface area contributed by atoms with Crippen molar-refractivity contribution in [3.8, 4) is 5.75 Å². The van der Waals surface area contributed by atoms with Crippen LogP contribution in [0.3, 0.4) is 0 Å². The Kier molecular flexibility index (Phi) is 11.3. The number of ether oxygens (including phenoxy) is 4. The highest BCUT2D eigenvalue weighted by atomic mass is 16.5. The van der Waals surface area contributed by atoms with Gasteiger partial charge in [-0.3, -0.25) is 19.4 Å². The molecule has 1 aliphatic rings. The average molecular weight is 437 g/mol. The molecule has 2 bridgehead atoms. The van der Waals surface area contributed by atoms with Crippen molar-refractivity contribution in [3.63, 3.8) is 0 Å². The fourth-order valence-electron chi connectivity index (χ4n) is 3.66. The second kappa shape index (κ2) is 14.0. The Morgan fingerprint density at radius 3 is 1.77 bits per heavy atom. The summed E-state index contributed by atoms with van der Waals surface area (Å²) in [6.45, 7) is 8.48. The van der Waals surface area contributed by atoms with Crippen LogP contribution in [0.2, 0.25) is 0 Å². The average Bonchev–Trinajstić information content (AvgIpc) is 2.74. The molecule has 31 heavy (non-hydrogen) atoms. The summed E-state index contributed by atoms with van der Waals surface area (Å²) in [5.41, 5.74) is 2.20. The minimum Gasteiger partial charge on any atom is -0.496 e. The van der Waals surface area contributed by atoms with E-state index in [4.69, 9.17) is 18.9 Å². The molecular formula is C23H36N2O6. The monoisotopic (exact) mass is 436 g/mol. The van der Waals surface area contributed by atoms with Crippen LogP contribution in [0.4, 0.5) is 0 Å². The highest BCUT2D eigenvalue weighted by Crippen LogP contribution is 2.25. The van der Waals surface area contributed by atoms with E-state index in [9.17, 15) is 9.59 Å². The Morgan fingerprint density at radius 1 is 0.871 bits per heavy atom. The van der Waals surface area contributed by atoms with Gasteiger partial charge in [0.2, 0.25) is 0 Å². The molecule has 1 heterocycles. The van der Waals surface area contributed by atoms with Gasteiger partial charge in [-0.25, -0.2) is 0 Å². The summed E-state index contributed by atoms with van der Waals surface area (Å²) < 4.78 is 21.8. The van der Waals surface area contributed by atoms with E-state index >= 15 is 0 Å². The SMILES string of the molecule is CCOC(=O)CN1CCOCCN(CC(=O)OCC)CCc2cccc(c2OC)CC1. The predicted octanol–water partition coefficient (Wildman–Crippen LogP) is 1.54. The lowest BCUT2D eigenvalue weighted by Crippen LogP contribution is -2.37. The first-order valence-corrected chi connectivity index (χ1v) is 11.1. The van der Waals surface area contributed by atoms with Gasteiger partial charge in [0.1, 0.15) is 5.75 Å². The number of methoxy groups -OCH3 is 1. The van der Waals surface area contributed by atoms with Crippen LogP contribution >= 0.6 is 0 Å². The molecule has 0 N–H and O–H groups in total. The molecule has 0 saturated heterocycles. The largest absolute Gasteiger partial charge is 0.496 e. The van der Waals surface area contributed by atoms with Gasteiger partial charge < -0.3 is 18.9 Å². The van der Waals surface area contributed by atoms with Gasteiger partial charge in [-0.1, -0.05) is 18.2 Å². The molecule has 174 valence electrons. The van der Waals surface area contributed by atoms with Crippen LogP contribution in [-0.2, 0) is 36.6 Å². The van der Waals surface area contributed by atoms with Crippen LogP contribution in [0, 0.1) is 0 Å². The summed E-state index contributed by atoms with van der Waals surface area (Å²) in [6.07, 6.45) is 1.51. The third-order valence-corrected chi connectivity index (χ3v) is 5.20. The molecule has 1 aliphatic heterocycles. The topological polar surface area (TPSA) is 77.5 Å². The van der Waals surface area contributed by atoms with Gasteiger partial charge in [0.15, 0.2) is 0 Å². The molecule has 1 aromatic rings. The maximum Gasteiger partial charge on any atom is 0.320 e. The molecule has 2 rings (SSSR count). The molecular weight excluding hydrogens is 400 g/mol. The number of nitrogens with zero attached hydrogens (tertiary/aromatic N) is 2. The Hall–Kier alpha value is -2.16. The smallest absolute Gasteiger partial charge is 0.320 e. The van der Waals surface area contributed by atoms with Crippen LogP contribution in [0.1, 0.15) is 25.0 Å². The summed E-state index contributed by atoms with van der Waals surface area (Å²) in [4.78, 5) is 28.1. The number of benzene rings is 1. The second-order valence-electron chi connectivity index (χ2n) is 7.38. The minimum atomic E-state index is -0.232. The van der Waals surface area contributed by atoms with E-state index in [-0.39, 0.29) is 25.0 Å². The lowest BCUT2D eigenvalue weighted by atomic mass is 10.0. The summed E-state index contributed by atoms with van der Waals surface area (Å²) >= 11 is 0. The molecule has 8 heteroatoms. The zero-order valence-electron chi connectivity index (χ0n) is 19.1. The van der Waals surface area contributed by atoms with E-state index in [0.717, 1.165) is 29.7 Å². The Morgan fingerprint density at radius 2 is 1.35 bits per heavy atom. The molecule has 0 atom stereocenters. The first-order valence-electron chi connectivity index (χ1n) is 11.1. The van der Waals surface area contributed by atoms with E-state index in [2.05, 4.69) is 12.1 Å². The maximum atomic E-state index is 12.0.